The van der Waals surface area contributed by atoms with Gasteiger partial charge in [0.2, 0.25) is 0 Å². The molecule has 6 nitrogen and oxygen atoms in total. The maximum atomic E-state index is 12.8. The maximum absolute atomic E-state index is 12.8. The summed E-state index contributed by atoms with van der Waals surface area (Å²) >= 11 is 11.9. The Hall–Kier alpha value is -2.64. The maximum Gasteiger partial charge on any atom is 0.255 e. The van der Waals surface area contributed by atoms with Gasteiger partial charge >= 0.3 is 0 Å². The van der Waals surface area contributed by atoms with E-state index in [1.54, 1.807) is 19.2 Å². The van der Waals surface area contributed by atoms with E-state index in [-0.39, 0.29) is 12.0 Å². The van der Waals surface area contributed by atoms with E-state index in [1.165, 1.54) is 6.20 Å². The molecule has 1 aromatic heterocycles. The minimum absolute atomic E-state index is 0.0210. The number of methoxy groups -OCH3 is 1. The molecule has 8 heteroatoms. The van der Waals surface area contributed by atoms with E-state index in [4.69, 9.17) is 32.7 Å². The van der Waals surface area contributed by atoms with E-state index in [0.29, 0.717) is 35.4 Å². The molecule has 3 aromatic rings. The van der Waals surface area contributed by atoms with Gasteiger partial charge < -0.3 is 14.4 Å². The fourth-order valence-electron chi connectivity index (χ4n) is 3.94. The molecular formula is C26H27Cl2N3O3. The second-order valence-electron chi connectivity index (χ2n) is 8.17. The van der Waals surface area contributed by atoms with Crippen LogP contribution in [0.2, 0.25) is 10.2 Å². The van der Waals surface area contributed by atoms with Crippen LogP contribution in [0.3, 0.4) is 0 Å². The highest BCUT2D eigenvalue weighted by Crippen LogP contribution is 2.24. The SMILES string of the molecule is COc1cccc(CO[C@@H](CN2CCN(C(=O)c3ccc(Cl)nc3)CC2)c2ccc(Cl)cc2)c1. The first kappa shape index (κ1) is 24.5. The average molecular weight is 500 g/mol. The van der Waals surface area contributed by atoms with Crippen molar-refractivity contribution in [3.8, 4) is 5.75 Å². The number of benzene rings is 2. The van der Waals surface area contributed by atoms with Gasteiger partial charge in [0.1, 0.15) is 10.9 Å². The number of pyridine rings is 1. The van der Waals surface area contributed by atoms with Crippen LogP contribution in [-0.4, -0.2) is 60.5 Å². The summed E-state index contributed by atoms with van der Waals surface area (Å²) in [6.07, 6.45) is 1.39. The van der Waals surface area contributed by atoms with Gasteiger partial charge in [0.15, 0.2) is 0 Å². The highest BCUT2D eigenvalue weighted by Gasteiger charge is 2.25. The van der Waals surface area contributed by atoms with Crippen LogP contribution >= 0.6 is 23.2 Å². The van der Waals surface area contributed by atoms with Crippen molar-refractivity contribution in [1.29, 1.82) is 0 Å². The monoisotopic (exact) mass is 499 g/mol. The average Bonchev–Trinajstić information content (AvgIpc) is 2.87. The van der Waals surface area contributed by atoms with Crippen molar-refractivity contribution in [2.75, 3.05) is 39.8 Å². The molecule has 1 fully saturated rings. The van der Waals surface area contributed by atoms with E-state index in [1.807, 2.05) is 53.4 Å². The number of halogens is 2. The number of hydrogen-bond donors (Lipinski definition) is 0. The lowest BCUT2D eigenvalue weighted by atomic mass is 10.1. The number of carbonyl (C=O) groups excluding carboxylic acids is 1. The van der Waals surface area contributed by atoms with Gasteiger partial charge in [-0.1, -0.05) is 47.5 Å². The van der Waals surface area contributed by atoms with Crippen molar-refractivity contribution in [1.82, 2.24) is 14.8 Å². The second kappa shape index (κ2) is 11.7. The van der Waals surface area contributed by atoms with Crippen molar-refractivity contribution in [3.05, 3.63) is 93.7 Å². The Morgan fingerprint density at radius 3 is 2.47 bits per heavy atom. The third kappa shape index (κ3) is 6.48. The molecule has 2 aromatic carbocycles. The van der Waals surface area contributed by atoms with Gasteiger partial charge in [-0.25, -0.2) is 4.98 Å². The number of carbonyl (C=O) groups is 1. The summed E-state index contributed by atoms with van der Waals surface area (Å²) in [5.41, 5.74) is 2.67. The lowest BCUT2D eigenvalue weighted by molar-refractivity contribution is 0.00337. The van der Waals surface area contributed by atoms with Gasteiger partial charge in [-0.3, -0.25) is 9.69 Å². The van der Waals surface area contributed by atoms with Crippen LogP contribution in [0.25, 0.3) is 0 Å². The number of amides is 1. The van der Waals surface area contributed by atoms with Crippen LogP contribution in [0.5, 0.6) is 5.75 Å². The molecule has 1 aliphatic rings. The number of ether oxygens (including phenoxy) is 2. The Morgan fingerprint density at radius 2 is 1.79 bits per heavy atom. The minimum atomic E-state index is -0.133. The van der Waals surface area contributed by atoms with E-state index < -0.39 is 0 Å². The van der Waals surface area contributed by atoms with Crippen molar-refractivity contribution >= 4 is 29.1 Å². The van der Waals surface area contributed by atoms with Gasteiger partial charge in [0.05, 0.1) is 25.4 Å². The van der Waals surface area contributed by atoms with E-state index in [9.17, 15) is 4.79 Å². The van der Waals surface area contributed by atoms with Crippen molar-refractivity contribution in [3.63, 3.8) is 0 Å². The topological polar surface area (TPSA) is 54.9 Å². The fraction of sp³-hybridized carbons (Fsp3) is 0.308. The van der Waals surface area contributed by atoms with Crippen molar-refractivity contribution < 1.29 is 14.3 Å². The molecule has 1 atom stereocenters. The molecule has 0 unspecified atom stereocenters. The molecule has 0 N–H and O–H groups in total. The molecule has 1 amide bonds. The molecular weight excluding hydrogens is 473 g/mol. The molecule has 0 bridgehead atoms. The fourth-order valence-corrected chi connectivity index (χ4v) is 4.18. The Kier molecular flexibility index (Phi) is 8.40. The van der Waals surface area contributed by atoms with Gasteiger partial charge in [-0.15, -0.1) is 0 Å². The molecule has 1 saturated heterocycles. The lowest BCUT2D eigenvalue weighted by Gasteiger charge is -2.36. The van der Waals surface area contributed by atoms with E-state index >= 15 is 0 Å². The normalized spacial score (nSPS) is 15.2. The minimum Gasteiger partial charge on any atom is -0.497 e. The number of aromatic nitrogens is 1. The Labute approximate surface area is 210 Å². The first-order valence-corrected chi connectivity index (χ1v) is 11.9. The summed E-state index contributed by atoms with van der Waals surface area (Å²) < 4.78 is 11.7. The van der Waals surface area contributed by atoms with Crippen LogP contribution in [0, 0.1) is 0 Å². The number of hydrogen-bond acceptors (Lipinski definition) is 5. The highest BCUT2D eigenvalue weighted by molar-refractivity contribution is 6.30. The first-order valence-electron chi connectivity index (χ1n) is 11.1. The molecule has 0 saturated carbocycles. The predicted molar refractivity (Wildman–Crippen MR) is 134 cm³/mol. The summed E-state index contributed by atoms with van der Waals surface area (Å²) in [5, 5.41) is 1.07. The Bertz CT molecular complexity index is 1090. The van der Waals surface area contributed by atoms with E-state index in [0.717, 1.165) is 36.5 Å². The number of rotatable bonds is 8. The smallest absolute Gasteiger partial charge is 0.255 e. The van der Waals surface area contributed by atoms with Crippen LogP contribution in [-0.2, 0) is 11.3 Å². The molecule has 0 radical (unpaired) electrons. The molecule has 2 heterocycles. The van der Waals surface area contributed by atoms with Crippen LogP contribution in [0.1, 0.15) is 27.6 Å². The van der Waals surface area contributed by atoms with Crippen molar-refractivity contribution in [2.24, 2.45) is 0 Å². The third-order valence-electron chi connectivity index (χ3n) is 5.88. The molecule has 4 rings (SSSR count). The zero-order valence-corrected chi connectivity index (χ0v) is 20.5. The van der Waals surface area contributed by atoms with Crippen LogP contribution < -0.4 is 4.74 Å². The van der Waals surface area contributed by atoms with Gasteiger partial charge in [0.25, 0.3) is 5.91 Å². The predicted octanol–water partition coefficient (Wildman–Crippen LogP) is 5.11. The summed E-state index contributed by atoms with van der Waals surface area (Å²) in [4.78, 5) is 21.0. The first-order chi connectivity index (χ1) is 16.5. The molecule has 0 spiro atoms. The summed E-state index contributed by atoms with van der Waals surface area (Å²) in [6, 6.07) is 19.0. The molecule has 0 aliphatic carbocycles. The van der Waals surface area contributed by atoms with Gasteiger partial charge in [-0.05, 0) is 47.5 Å². The lowest BCUT2D eigenvalue weighted by Crippen LogP contribution is -2.49. The standard InChI is InChI=1S/C26H27Cl2N3O3/c1-33-23-4-2-3-19(15-23)18-34-24(20-5-8-22(27)9-6-20)17-30-11-13-31(14-12-30)26(32)21-7-10-25(28)29-16-21/h2-10,15-16,24H,11-14,17-18H2,1H3/t24-/m0/s1. The zero-order valence-electron chi connectivity index (χ0n) is 19.0. The number of piperazine rings is 1. The summed E-state index contributed by atoms with van der Waals surface area (Å²) in [7, 11) is 1.66. The second-order valence-corrected chi connectivity index (χ2v) is 8.99. The van der Waals surface area contributed by atoms with Gasteiger partial charge in [0, 0.05) is 43.9 Å². The van der Waals surface area contributed by atoms with Crippen molar-refractivity contribution in [2.45, 2.75) is 12.7 Å². The third-order valence-corrected chi connectivity index (χ3v) is 6.36. The van der Waals surface area contributed by atoms with Crippen LogP contribution in [0.4, 0.5) is 0 Å². The Balaban J connectivity index is 1.38. The summed E-state index contributed by atoms with van der Waals surface area (Å²) in [6.45, 7) is 4.00. The highest BCUT2D eigenvalue weighted by atomic mass is 35.5. The quantitative estimate of drug-likeness (QED) is 0.403. The van der Waals surface area contributed by atoms with Gasteiger partial charge in [-0.2, -0.15) is 0 Å². The summed E-state index contributed by atoms with van der Waals surface area (Å²) in [5.74, 6) is 0.785. The molecule has 1 aliphatic heterocycles. The zero-order chi connectivity index (χ0) is 23.9. The largest absolute Gasteiger partial charge is 0.497 e. The molecule has 178 valence electrons. The van der Waals surface area contributed by atoms with E-state index in [2.05, 4.69) is 9.88 Å². The van der Waals surface area contributed by atoms with Crippen LogP contribution in [0.15, 0.2) is 66.9 Å². The Morgan fingerprint density at radius 1 is 1.03 bits per heavy atom. The molecule has 34 heavy (non-hydrogen) atoms. The number of nitrogens with zero attached hydrogens (tertiary/aromatic N) is 3.